The van der Waals surface area contributed by atoms with Crippen molar-refractivity contribution in [3.05, 3.63) is 47.8 Å². The molecule has 6 heteroatoms. The molecule has 1 aromatic heterocycles. The highest BCUT2D eigenvalue weighted by atomic mass is 16.2. The summed E-state index contributed by atoms with van der Waals surface area (Å²) in [5, 5.41) is 0. The van der Waals surface area contributed by atoms with Crippen molar-refractivity contribution in [3.63, 3.8) is 0 Å². The number of hydrogen-bond acceptors (Lipinski definition) is 5. The molecule has 2 aromatic rings. The van der Waals surface area contributed by atoms with E-state index < -0.39 is 0 Å². The van der Waals surface area contributed by atoms with Crippen LogP contribution in [0.15, 0.2) is 36.4 Å². The van der Waals surface area contributed by atoms with E-state index >= 15 is 0 Å². The minimum atomic E-state index is -0.00313. The fourth-order valence-corrected chi connectivity index (χ4v) is 3.28. The van der Waals surface area contributed by atoms with Crippen LogP contribution in [0.4, 0.5) is 11.6 Å². The first-order valence-electron chi connectivity index (χ1n) is 9.32. The molecule has 0 atom stereocenters. The Hall–Kier alpha value is -2.63. The van der Waals surface area contributed by atoms with E-state index in [1.165, 1.54) is 5.69 Å². The second-order valence-electron chi connectivity index (χ2n) is 6.48. The van der Waals surface area contributed by atoms with Crippen LogP contribution >= 0.6 is 0 Å². The van der Waals surface area contributed by atoms with Gasteiger partial charge in [-0.05, 0) is 39.0 Å². The highest BCUT2D eigenvalue weighted by molar-refractivity contribution is 5.92. The number of hydrogen-bond donors (Lipinski definition) is 0. The van der Waals surface area contributed by atoms with Gasteiger partial charge in [-0.1, -0.05) is 18.2 Å². The van der Waals surface area contributed by atoms with Gasteiger partial charge < -0.3 is 14.7 Å². The van der Waals surface area contributed by atoms with E-state index in [1.807, 2.05) is 30.0 Å². The molecule has 2 heterocycles. The zero-order valence-electron chi connectivity index (χ0n) is 15.9. The Balaban J connectivity index is 1.70. The lowest BCUT2D eigenvalue weighted by Gasteiger charge is -2.36. The third-order valence-corrected chi connectivity index (χ3v) is 4.80. The van der Waals surface area contributed by atoms with Gasteiger partial charge in [-0.2, -0.15) is 0 Å². The smallest absolute Gasteiger partial charge is 0.272 e. The van der Waals surface area contributed by atoms with Gasteiger partial charge in [-0.25, -0.2) is 9.97 Å². The zero-order chi connectivity index (χ0) is 18.5. The van der Waals surface area contributed by atoms with Crippen molar-refractivity contribution in [2.45, 2.75) is 20.8 Å². The number of rotatable bonds is 5. The Bertz CT molecular complexity index is 737. The van der Waals surface area contributed by atoms with Gasteiger partial charge in [0.15, 0.2) is 0 Å². The minimum absolute atomic E-state index is 0.00313. The molecular weight excluding hydrogens is 326 g/mol. The second-order valence-corrected chi connectivity index (χ2v) is 6.48. The van der Waals surface area contributed by atoms with E-state index in [0.29, 0.717) is 24.7 Å². The van der Waals surface area contributed by atoms with Crippen LogP contribution in [0, 0.1) is 6.92 Å². The molecule has 1 aromatic carbocycles. The summed E-state index contributed by atoms with van der Waals surface area (Å²) in [6.07, 6.45) is 0. The Labute approximate surface area is 155 Å². The number of para-hydroxylation sites is 1. The standard InChI is InChI=1S/C20H27N5O/c1-4-23(5-2)20-21-16(3)15-18(22-20)19(26)25-13-11-24(12-14-25)17-9-7-6-8-10-17/h6-10,15H,4-5,11-14H2,1-3H3. The summed E-state index contributed by atoms with van der Waals surface area (Å²) in [5.74, 6) is 0.637. The molecule has 1 aliphatic heterocycles. The van der Waals surface area contributed by atoms with Crippen molar-refractivity contribution in [2.24, 2.45) is 0 Å². The quantitative estimate of drug-likeness (QED) is 0.827. The van der Waals surface area contributed by atoms with E-state index in [1.54, 1.807) is 6.07 Å². The minimum Gasteiger partial charge on any atom is -0.368 e. The molecule has 6 nitrogen and oxygen atoms in total. The molecule has 138 valence electrons. The van der Waals surface area contributed by atoms with Crippen LogP contribution in [0.1, 0.15) is 30.0 Å². The summed E-state index contributed by atoms with van der Waals surface area (Å²) in [6.45, 7) is 10.8. The molecule has 1 fully saturated rings. The van der Waals surface area contributed by atoms with Gasteiger partial charge in [0, 0.05) is 50.6 Å². The predicted octanol–water partition coefficient (Wildman–Crippen LogP) is 2.59. The van der Waals surface area contributed by atoms with E-state index in [0.717, 1.165) is 31.9 Å². The normalized spacial score (nSPS) is 14.4. The fourth-order valence-electron chi connectivity index (χ4n) is 3.28. The lowest BCUT2D eigenvalue weighted by molar-refractivity contribution is 0.0740. The Morgan fingerprint density at radius 1 is 1.04 bits per heavy atom. The number of amides is 1. The van der Waals surface area contributed by atoms with Gasteiger partial charge in [-0.15, -0.1) is 0 Å². The first-order valence-corrected chi connectivity index (χ1v) is 9.32. The Morgan fingerprint density at radius 2 is 1.69 bits per heavy atom. The van der Waals surface area contributed by atoms with Crippen LogP contribution in [0.3, 0.4) is 0 Å². The molecule has 1 saturated heterocycles. The molecule has 0 N–H and O–H groups in total. The third-order valence-electron chi connectivity index (χ3n) is 4.80. The molecule has 0 unspecified atom stereocenters. The van der Waals surface area contributed by atoms with Gasteiger partial charge in [0.2, 0.25) is 5.95 Å². The summed E-state index contributed by atoms with van der Waals surface area (Å²) in [5.41, 5.74) is 2.53. The maximum atomic E-state index is 12.9. The maximum absolute atomic E-state index is 12.9. The Morgan fingerprint density at radius 3 is 2.31 bits per heavy atom. The largest absolute Gasteiger partial charge is 0.368 e. The summed E-state index contributed by atoms with van der Waals surface area (Å²) in [6, 6.07) is 12.1. The van der Waals surface area contributed by atoms with Crippen molar-refractivity contribution in [2.75, 3.05) is 49.1 Å². The van der Waals surface area contributed by atoms with Crippen LogP contribution in [-0.4, -0.2) is 60.0 Å². The fraction of sp³-hybridized carbons (Fsp3) is 0.450. The lowest BCUT2D eigenvalue weighted by atomic mass is 10.2. The number of anilines is 2. The molecule has 26 heavy (non-hydrogen) atoms. The van der Waals surface area contributed by atoms with E-state index in [-0.39, 0.29) is 5.91 Å². The number of nitrogens with zero attached hydrogens (tertiary/aromatic N) is 5. The summed E-state index contributed by atoms with van der Waals surface area (Å²) >= 11 is 0. The van der Waals surface area contributed by atoms with Crippen LogP contribution in [0.5, 0.6) is 0 Å². The van der Waals surface area contributed by atoms with Crippen molar-refractivity contribution >= 4 is 17.5 Å². The second kappa shape index (κ2) is 8.17. The number of aromatic nitrogens is 2. The molecule has 0 spiro atoms. The van der Waals surface area contributed by atoms with Crippen molar-refractivity contribution in [1.29, 1.82) is 0 Å². The van der Waals surface area contributed by atoms with Crippen LogP contribution < -0.4 is 9.80 Å². The average molecular weight is 353 g/mol. The summed E-state index contributed by atoms with van der Waals surface area (Å²) in [7, 11) is 0. The third kappa shape index (κ3) is 3.95. The van der Waals surface area contributed by atoms with Crippen LogP contribution in [-0.2, 0) is 0 Å². The van der Waals surface area contributed by atoms with E-state index in [4.69, 9.17) is 0 Å². The number of carbonyl (C=O) groups excluding carboxylic acids is 1. The topological polar surface area (TPSA) is 52.6 Å². The Kier molecular flexibility index (Phi) is 5.71. The molecule has 0 saturated carbocycles. The van der Waals surface area contributed by atoms with Crippen LogP contribution in [0.25, 0.3) is 0 Å². The SMILES string of the molecule is CCN(CC)c1nc(C)cc(C(=O)N2CCN(c3ccccc3)CC2)n1. The van der Waals surface area contributed by atoms with Crippen molar-refractivity contribution in [3.8, 4) is 0 Å². The highest BCUT2D eigenvalue weighted by Gasteiger charge is 2.24. The first kappa shape index (κ1) is 18.2. The molecule has 0 bridgehead atoms. The van der Waals surface area contributed by atoms with Crippen LogP contribution in [0.2, 0.25) is 0 Å². The number of benzene rings is 1. The number of carbonyl (C=O) groups is 1. The van der Waals surface area contributed by atoms with Crippen molar-refractivity contribution < 1.29 is 4.79 Å². The molecule has 0 radical (unpaired) electrons. The monoisotopic (exact) mass is 353 g/mol. The molecular formula is C20H27N5O. The first-order chi connectivity index (χ1) is 12.6. The number of aryl methyl sites for hydroxylation is 1. The van der Waals surface area contributed by atoms with Gasteiger partial charge >= 0.3 is 0 Å². The van der Waals surface area contributed by atoms with E-state index in [9.17, 15) is 4.79 Å². The maximum Gasteiger partial charge on any atom is 0.272 e. The predicted molar refractivity (Wildman–Crippen MR) is 105 cm³/mol. The molecule has 3 rings (SSSR count). The summed E-state index contributed by atoms with van der Waals surface area (Å²) < 4.78 is 0. The average Bonchev–Trinajstić information content (AvgIpc) is 2.69. The lowest BCUT2D eigenvalue weighted by Crippen LogP contribution is -2.49. The van der Waals surface area contributed by atoms with Crippen molar-refractivity contribution in [1.82, 2.24) is 14.9 Å². The van der Waals surface area contributed by atoms with Gasteiger partial charge in [0.1, 0.15) is 5.69 Å². The van der Waals surface area contributed by atoms with Gasteiger partial charge in [0.05, 0.1) is 0 Å². The highest BCUT2D eigenvalue weighted by Crippen LogP contribution is 2.17. The van der Waals surface area contributed by atoms with Gasteiger partial charge in [-0.3, -0.25) is 4.79 Å². The number of piperazine rings is 1. The van der Waals surface area contributed by atoms with Gasteiger partial charge in [0.25, 0.3) is 5.91 Å². The molecule has 0 aliphatic carbocycles. The zero-order valence-corrected chi connectivity index (χ0v) is 15.9. The van der Waals surface area contributed by atoms with E-state index in [2.05, 4.69) is 45.7 Å². The molecule has 1 aliphatic rings. The molecule has 1 amide bonds. The summed E-state index contributed by atoms with van der Waals surface area (Å²) in [4.78, 5) is 28.3.